The van der Waals surface area contributed by atoms with Crippen LogP contribution in [0.1, 0.15) is 40.2 Å². The second-order valence-electron chi connectivity index (χ2n) is 2.82. The van der Waals surface area contributed by atoms with E-state index in [0.717, 1.165) is 0 Å². The lowest BCUT2D eigenvalue weighted by Crippen LogP contribution is -2.07. The van der Waals surface area contributed by atoms with E-state index in [1.807, 2.05) is 34.6 Å². The molecule has 0 saturated carbocycles. The van der Waals surface area contributed by atoms with Gasteiger partial charge in [-0.1, -0.05) is 34.6 Å². The molecule has 0 atom stereocenters. The van der Waals surface area contributed by atoms with E-state index in [4.69, 9.17) is 4.42 Å². The molecule has 17 heavy (non-hydrogen) atoms. The van der Waals surface area contributed by atoms with Gasteiger partial charge in [0.2, 0.25) is 0 Å². The molecule has 2 aromatic rings. The fourth-order valence-corrected chi connectivity index (χ4v) is 1.27. The van der Waals surface area contributed by atoms with Gasteiger partial charge in [-0.2, -0.15) is 0 Å². The molecule has 0 aliphatic heterocycles. The Hall–Kier alpha value is -1.64. The van der Waals surface area contributed by atoms with Crippen molar-refractivity contribution in [2.75, 3.05) is 0 Å². The van der Waals surface area contributed by atoms with Gasteiger partial charge in [-0.25, -0.2) is 0 Å². The number of pyridine rings is 1. The average Bonchev–Trinajstić information content (AvgIpc) is 2.44. The molecule has 0 fully saturated rings. The van der Waals surface area contributed by atoms with E-state index >= 15 is 0 Å². The lowest BCUT2D eigenvalue weighted by atomic mass is 10.2. The van der Waals surface area contributed by atoms with Crippen molar-refractivity contribution in [2.24, 2.45) is 0 Å². The fourth-order valence-electron chi connectivity index (χ4n) is 1.27. The zero-order valence-electron chi connectivity index (χ0n) is 11.3. The van der Waals surface area contributed by atoms with Crippen molar-refractivity contribution in [3.63, 3.8) is 0 Å². The van der Waals surface area contributed by atoms with Crippen LogP contribution in [-0.2, 0) is 6.42 Å². The van der Waals surface area contributed by atoms with Crippen molar-refractivity contribution in [1.82, 2.24) is 4.98 Å². The first-order chi connectivity index (χ1) is 8.33. The quantitative estimate of drug-likeness (QED) is 0.755. The number of fused-ring (bicyclic) bond motifs is 1. The van der Waals surface area contributed by atoms with Gasteiger partial charge in [0, 0.05) is 11.8 Å². The van der Waals surface area contributed by atoms with Crippen LogP contribution in [0.3, 0.4) is 0 Å². The molecule has 2 aromatic heterocycles. The minimum Gasteiger partial charge on any atom is -0.462 e. The van der Waals surface area contributed by atoms with E-state index < -0.39 is 0 Å². The Labute approximate surface area is 103 Å². The van der Waals surface area contributed by atoms with Crippen LogP contribution < -0.4 is 5.43 Å². The Morgan fingerprint density at radius 3 is 2.47 bits per heavy atom. The summed E-state index contributed by atoms with van der Waals surface area (Å²) in [6.45, 7) is 9.93. The van der Waals surface area contributed by atoms with Crippen LogP contribution >= 0.6 is 0 Å². The van der Waals surface area contributed by atoms with E-state index in [1.165, 1.54) is 6.26 Å². The number of nitrogens with zero attached hydrogens (tertiary/aromatic N) is 1. The molecule has 0 aliphatic carbocycles. The zero-order valence-corrected chi connectivity index (χ0v) is 11.3. The molecule has 0 aliphatic rings. The predicted molar refractivity (Wildman–Crippen MR) is 72.4 cm³/mol. The number of aromatic nitrogens is 1. The van der Waals surface area contributed by atoms with Crippen molar-refractivity contribution in [3.8, 4) is 0 Å². The lowest BCUT2D eigenvalue weighted by molar-refractivity contribution is 0.592. The average molecular weight is 235 g/mol. The highest BCUT2D eigenvalue weighted by atomic mass is 16.3. The molecule has 0 bridgehead atoms. The molecule has 2 rings (SSSR count). The summed E-state index contributed by atoms with van der Waals surface area (Å²) in [7, 11) is 0. The normalized spacial score (nSPS) is 8.76. The second-order valence-corrected chi connectivity index (χ2v) is 2.82. The highest BCUT2D eigenvalue weighted by molar-refractivity contribution is 5.75. The summed E-state index contributed by atoms with van der Waals surface area (Å²) < 4.78 is 5.25. The smallest absolute Gasteiger partial charge is 0.195 e. The molecular weight excluding hydrogens is 214 g/mol. The van der Waals surface area contributed by atoms with Gasteiger partial charge in [-0.05, 0) is 12.5 Å². The highest BCUT2D eigenvalue weighted by Gasteiger charge is 2.03. The molecule has 0 amide bonds. The lowest BCUT2D eigenvalue weighted by Gasteiger charge is -1.97. The molecule has 2 heterocycles. The summed E-state index contributed by atoms with van der Waals surface area (Å²) in [6.07, 6.45) is 5.35. The van der Waals surface area contributed by atoms with Gasteiger partial charge in [-0.15, -0.1) is 0 Å². The summed E-state index contributed by atoms with van der Waals surface area (Å²) in [5.41, 5.74) is 1.30. The van der Waals surface area contributed by atoms with Gasteiger partial charge in [0.25, 0.3) is 0 Å². The van der Waals surface area contributed by atoms with E-state index in [2.05, 4.69) is 4.98 Å². The Bertz CT molecular complexity index is 489. The molecule has 94 valence electrons. The molecule has 0 aromatic carbocycles. The largest absolute Gasteiger partial charge is 0.462 e. The minimum atomic E-state index is 0.0474. The number of hydrogen-bond acceptors (Lipinski definition) is 3. The molecule has 3 nitrogen and oxygen atoms in total. The molecular formula is C14H21NO2. The molecule has 0 saturated heterocycles. The zero-order chi connectivity index (χ0) is 13.3. The summed E-state index contributed by atoms with van der Waals surface area (Å²) in [4.78, 5) is 15.5. The summed E-state index contributed by atoms with van der Waals surface area (Å²) >= 11 is 0. The Kier molecular flexibility index (Phi) is 7.68. The van der Waals surface area contributed by atoms with Gasteiger partial charge < -0.3 is 4.42 Å². The summed E-state index contributed by atoms with van der Waals surface area (Å²) in [5.74, 6) is 0. The third-order valence-corrected chi connectivity index (χ3v) is 2.03. The van der Waals surface area contributed by atoms with E-state index in [-0.39, 0.29) is 5.43 Å². The fraction of sp³-hybridized carbons (Fsp3) is 0.429. The van der Waals surface area contributed by atoms with Crippen LogP contribution in [-0.4, -0.2) is 4.98 Å². The first-order valence-electron chi connectivity index (χ1n) is 6.17. The monoisotopic (exact) mass is 235 g/mol. The van der Waals surface area contributed by atoms with E-state index in [0.29, 0.717) is 23.0 Å². The summed E-state index contributed by atoms with van der Waals surface area (Å²) in [6, 6.07) is 1.68. The van der Waals surface area contributed by atoms with Crippen LogP contribution in [0, 0.1) is 0 Å². The van der Waals surface area contributed by atoms with E-state index in [1.54, 1.807) is 18.5 Å². The summed E-state index contributed by atoms with van der Waals surface area (Å²) in [5, 5.41) is 0.606. The number of aryl methyl sites for hydroxylation is 1. The van der Waals surface area contributed by atoms with Crippen LogP contribution in [0.5, 0.6) is 0 Å². The maximum absolute atomic E-state index is 11.7. The molecule has 0 unspecified atom stereocenters. The van der Waals surface area contributed by atoms with Crippen molar-refractivity contribution in [3.05, 3.63) is 40.5 Å². The second kappa shape index (κ2) is 8.50. The van der Waals surface area contributed by atoms with Gasteiger partial charge in [0.15, 0.2) is 11.0 Å². The van der Waals surface area contributed by atoms with Gasteiger partial charge >= 0.3 is 0 Å². The number of rotatable bonds is 1. The molecule has 0 spiro atoms. The third kappa shape index (κ3) is 3.70. The van der Waals surface area contributed by atoms with E-state index in [9.17, 15) is 4.79 Å². The molecule has 0 radical (unpaired) electrons. The van der Waals surface area contributed by atoms with Crippen molar-refractivity contribution in [2.45, 2.75) is 41.0 Å². The maximum Gasteiger partial charge on any atom is 0.195 e. The number of hydrogen-bond donors (Lipinski definition) is 0. The maximum atomic E-state index is 11.7. The SMILES string of the molecule is CC.CC.CCc1coc2cnccc2c1=O. The van der Waals surface area contributed by atoms with Crippen LogP contribution in [0.15, 0.2) is 33.9 Å². The highest BCUT2D eigenvalue weighted by Crippen LogP contribution is 2.08. The Morgan fingerprint density at radius 1 is 1.24 bits per heavy atom. The van der Waals surface area contributed by atoms with Crippen molar-refractivity contribution < 1.29 is 4.42 Å². The van der Waals surface area contributed by atoms with Crippen molar-refractivity contribution in [1.29, 1.82) is 0 Å². The van der Waals surface area contributed by atoms with Crippen LogP contribution in [0.25, 0.3) is 11.0 Å². The first-order valence-corrected chi connectivity index (χ1v) is 6.17. The van der Waals surface area contributed by atoms with Crippen molar-refractivity contribution >= 4 is 11.0 Å². The van der Waals surface area contributed by atoms with Crippen LogP contribution in [0.2, 0.25) is 0 Å². The third-order valence-electron chi connectivity index (χ3n) is 2.03. The van der Waals surface area contributed by atoms with Crippen LogP contribution in [0.4, 0.5) is 0 Å². The predicted octanol–water partition coefficient (Wildman–Crippen LogP) is 3.80. The molecule has 0 N–H and O–H groups in total. The molecule has 3 heteroatoms. The first kappa shape index (κ1) is 15.4. The Morgan fingerprint density at radius 2 is 1.88 bits per heavy atom. The van der Waals surface area contributed by atoms with Gasteiger partial charge in [0.05, 0.1) is 17.8 Å². The Balaban J connectivity index is 0.000000581. The van der Waals surface area contributed by atoms with Gasteiger partial charge in [-0.3, -0.25) is 9.78 Å². The minimum absolute atomic E-state index is 0.0474. The topological polar surface area (TPSA) is 43.1 Å². The van der Waals surface area contributed by atoms with Gasteiger partial charge in [0.1, 0.15) is 0 Å². The standard InChI is InChI=1S/C10H9NO2.2C2H6/c1-2-7-6-13-9-5-11-4-3-8(9)10(7)12;2*1-2/h3-6H,2H2,1H3;2*1-2H3.